The molecule has 1 fully saturated rings. The minimum absolute atomic E-state index is 0.0552. The van der Waals surface area contributed by atoms with Gasteiger partial charge in [-0.25, -0.2) is 0 Å². The molecule has 1 aromatic carbocycles. The summed E-state index contributed by atoms with van der Waals surface area (Å²) in [5.41, 5.74) is 1.48. The van der Waals surface area contributed by atoms with Crippen molar-refractivity contribution >= 4 is 34.3 Å². The number of rotatable bonds is 2. The van der Waals surface area contributed by atoms with Gasteiger partial charge in [-0.1, -0.05) is 12.1 Å². The van der Waals surface area contributed by atoms with E-state index in [1.165, 1.54) is 4.57 Å². The summed E-state index contributed by atoms with van der Waals surface area (Å²) in [5, 5.41) is 0.875. The van der Waals surface area contributed by atoms with E-state index >= 15 is 0 Å². The summed E-state index contributed by atoms with van der Waals surface area (Å²) in [6.07, 6.45) is 2.04. The van der Waals surface area contributed by atoms with Gasteiger partial charge in [0.2, 0.25) is 5.58 Å². The standard InChI is InChI=1S/C15H14N2O3S/c18-14-13-12(10-5-1-2-6-11(10)20-13)16-15(21)17(14)8-9-4-3-7-19-9/h1-2,5-6,9H,3-4,7-8H2,(H,16,21)/t9-/m0/s1. The highest BCUT2D eigenvalue weighted by Gasteiger charge is 2.19. The largest absolute Gasteiger partial charge is 0.449 e. The van der Waals surface area contributed by atoms with Crippen LogP contribution in [0.15, 0.2) is 33.5 Å². The van der Waals surface area contributed by atoms with Gasteiger partial charge in [-0.2, -0.15) is 0 Å². The molecule has 1 saturated heterocycles. The van der Waals surface area contributed by atoms with Gasteiger partial charge in [0.15, 0.2) is 4.77 Å². The Balaban J connectivity index is 1.94. The van der Waals surface area contributed by atoms with Crippen molar-refractivity contribution < 1.29 is 9.15 Å². The van der Waals surface area contributed by atoms with E-state index in [0.717, 1.165) is 24.8 Å². The molecule has 0 aliphatic carbocycles. The van der Waals surface area contributed by atoms with Crippen molar-refractivity contribution in [2.75, 3.05) is 6.61 Å². The minimum atomic E-state index is -0.194. The summed E-state index contributed by atoms with van der Waals surface area (Å²) in [7, 11) is 0. The van der Waals surface area contributed by atoms with E-state index in [1.807, 2.05) is 24.3 Å². The van der Waals surface area contributed by atoms with Gasteiger partial charge in [0.05, 0.1) is 12.6 Å². The molecule has 0 saturated carbocycles. The second-order valence-corrected chi connectivity index (χ2v) is 5.67. The highest BCUT2D eigenvalue weighted by Crippen LogP contribution is 2.24. The number of para-hydroxylation sites is 1. The molecule has 108 valence electrons. The third-order valence-electron chi connectivity index (χ3n) is 3.92. The monoisotopic (exact) mass is 302 g/mol. The van der Waals surface area contributed by atoms with Gasteiger partial charge in [-0.3, -0.25) is 9.36 Å². The molecule has 0 unspecified atom stereocenters. The van der Waals surface area contributed by atoms with Gasteiger partial charge in [0.1, 0.15) is 11.1 Å². The minimum Gasteiger partial charge on any atom is -0.449 e. The lowest BCUT2D eigenvalue weighted by Gasteiger charge is -2.11. The van der Waals surface area contributed by atoms with Gasteiger partial charge in [0, 0.05) is 12.0 Å². The van der Waals surface area contributed by atoms with Crippen LogP contribution in [-0.2, 0) is 11.3 Å². The van der Waals surface area contributed by atoms with E-state index in [0.29, 0.717) is 28.0 Å². The Kier molecular flexibility index (Phi) is 2.94. The first-order valence-electron chi connectivity index (χ1n) is 7.00. The summed E-state index contributed by atoms with van der Waals surface area (Å²) in [5.74, 6) is 0. The molecule has 1 aliphatic heterocycles. The van der Waals surface area contributed by atoms with Crippen molar-refractivity contribution in [3.63, 3.8) is 0 Å². The van der Waals surface area contributed by atoms with Crippen LogP contribution in [0.3, 0.4) is 0 Å². The summed E-state index contributed by atoms with van der Waals surface area (Å²) >= 11 is 5.34. The molecule has 2 aromatic heterocycles. The van der Waals surface area contributed by atoms with Crippen molar-refractivity contribution in [1.82, 2.24) is 9.55 Å². The van der Waals surface area contributed by atoms with Crippen molar-refractivity contribution in [1.29, 1.82) is 0 Å². The van der Waals surface area contributed by atoms with E-state index in [9.17, 15) is 4.79 Å². The zero-order valence-corrected chi connectivity index (χ0v) is 12.1. The normalized spacial score (nSPS) is 18.8. The van der Waals surface area contributed by atoms with Gasteiger partial charge in [-0.05, 0) is 37.2 Å². The number of aromatic amines is 1. The first kappa shape index (κ1) is 12.8. The number of furan rings is 1. The maximum Gasteiger partial charge on any atom is 0.298 e. The Morgan fingerprint density at radius 3 is 3.05 bits per heavy atom. The number of aromatic nitrogens is 2. The van der Waals surface area contributed by atoms with E-state index in [1.54, 1.807) is 0 Å². The van der Waals surface area contributed by atoms with E-state index in [2.05, 4.69) is 4.98 Å². The van der Waals surface area contributed by atoms with Crippen LogP contribution in [0.2, 0.25) is 0 Å². The van der Waals surface area contributed by atoms with Crippen molar-refractivity contribution in [2.24, 2.45) is 0 Å². The van der Waals surface area contributed by atoms with E-state index in [4.69, 9.17) is 21.4 Å². The fraction of sp³-hybridized carbons (Fsp3) is 0.333. The molecule has 4 rings (SSSR count). The fourth-order valence-electron chi connectivity index (χ4n) is 2.87. The van der Waals surface area contributed by atoms with Crippen LogP contribution in [0, 0.1) is 4.77 Å². The Morgan fingerprint density at radius 1 is 1.38 bits per heavy atom. The number of ether oxygens (including phenoxy) is 1. The van der Waals surface area contributed by atoms with Crippen LogP contribution in [0.5, 0.6) is 0 Å². The van der Waals surface area contributed by atoms with Gasteiger partial charge >= 0.3 is 0 Å². The lowest BCUT2D eigenvalue weighted by atomic mass is 10.2. The average molecular weight is 302 g/mol. The fourth-order valence-corrected chi connectivity index (χ4v) is 3.13. The second kappa shape index (κ2) is 4.82. The zero-order valence-electron chi connectivity index (χ0n) is 11.3. The second-order valence-electron chi connectivity index (χ2n) is 5.28. The third kappa shape index (κ3) is 2.02. The topological polar surface area (TPSA) is 60.2 Å². The van der Waals surface area contributed by atoms with Gasteiger partial charge < -0.3 is 14.1 Å². The third-order valence-corrected chi connectivity index (χ3v) is 4.24. The molecule has 0 radical (unpaired) electrons. The maximum absolute atomic E-state index is 12.6. The SMILES string of the molecule is O=c1c2oc3ccccc3c2[nH]c(=S)n1C[C@@H]1CCCO1. The summed E-state index contributed by atoms with van der Waals surface area (Å²) in [6, 6.07) is 7.54. The van der Waals surface area contributed by atoms with Crippen molar-refractivity contribution in [3.05, 3.63) is 39.4 Å². The highest BCUT2D eigenvalue weighted by molar-refractivity contribution is 7.71. The number of nitrogens with one attached hydrogen (secondary N) is 1. The van der Waals surface area contributed by atoms with Crippen LogP contribution in [0.1, 0.15) is 12.8 Å². The number of fused-ring (bicyclic) bond motifs is 3. The number of nitrogens with zero attached hydrogens (tertiary/aromatic N) is 1. The smallest absolute Gasteiger partial charge is 0.298 e. The molecule has 3 aromatic rings. The Bertz CT molecular complexity index is 931. The quantitative estimate of drug-likeness (QED) is 0.739. The average Bonchev–Trinajstić information content (AvgIpc) is 3.11. The number of hydrogen-bond acceptors (Lipinski definition) is 4. The van der Waals surface area contributed by atoms with E-state index in [-0.39, 0.29) is 11.7 Å². The van der Waals surface area contributed by atoms with Crippen molar-refractivity contribution in [3.8, 4) is 0 Å². The van der Waals surface area contributed by atoms with E-state index < -0.39 is 0 Å². The predicted molar refractivity (Wildman–Crippen MR) is 82.1 cm³/mol. The number of hydrogen-bond donors (Lipinski definition) is 1. The molecule has 1 aliphatic rings. The molecule has 1 atom stereocenters. The molecule has 6 heteroatoms. The molecule has 0 bridgehead atoms. The molecule has 0 spiro atoms. The summed E-state index contributed by atoms with van der Waals surface area (Å²) < 4.78 is 13.2. The molecular formula is C15H14N2O3S. The van der Waals surface area contributed by atoms with Crippen LogP contribution in [0.4, 0.5) is 0 Å². The molecule has 5 nitrogen and oxygen atoms in total. The van der Waals surface area contributed by atoms with Crippen LogP contribution >= 0.6 is 12.2 Å². The Morgan fingerprint density at radius 2 is 2.24 bits per heavy atom. The summed E-state index contributed by atoms with van der Waals surface area (Å²) in [4.78, 5) is 15.8. The molecular weight excluding hydrogens is 288 g/mol. The zero-order chi connectivity index (χ0) is 14.4. The Hall–Kier alpha value is -1.92. The highest BCUT2D eigenvalue weighted by atomic mass is 32.1. The van der Waals surface area contributed by atoms with Crippen LogP contribution < -0.4 is 5.56 Å². The van der Waals surface area contributed by atoms with Gasteiger partial charge in [-0.15, -0.1) is 0 Å². The maximum atomic E-state index is 12.6. The Labute approximate surface area is 125 Å². The van der Waals surface area contributed by atoms with Crippen molar-refractivity contribution in [2.45, 2.75) is 25.5 Å². The van der Waals surface area contributed by atoms with Crippen LogP contribution in [0.25, 0.3) is 22.1 Å². The lowest BCUT2D eigenvalue weighted by Crippen LogP contribution is -2.27. The first-order valence-corrected chi connectivity index (χ1v) is 7.41. The summed E-state index contributed by atoms with van der Waals surface area (Å²) in [6.45, 7) is 1.23. The van der Waals surface area contributed by atoms with Crippen LogP contribution in [-0.4, -0.2) is 22.3 Å². The van der Waals surface area contributed by atoms with Gasteiger partial charge in [0.25, 0.3) is 5.56 Å². The number of benzene rings is 1. The molecule has 1 N–H and O–H groups in total. The lowest BCUT2D eigenvalue weighted by molar-refractivity contribution is 0.0956. The molecule has 3 heterocycles. The first-order chi connectivity index (χ1) is 10.2. The molecule has 21 heavy (non-hydrogen) atoms. The molecule has 0 amide bonds. The predicted octanol–water partition coefficient (Wildman–Crippen LogP) is 2.98. The number of H-pyrrole nitrogens is 1.